The van der Waals surface area contributed by atoms with E-state index in [0.29, 0.717) is 6.42 Å². The second-order valence-corrected chi connectivity index (χ2v) is 1.17. The van der Waals surface area contributed by atoms with Crippen molar-refractivity contribution < 1.29 is 9.90 Å². The molecular weight excluding hydrogens is 104 g/mol. The molecule has 0 amide bonds. The fraction of sp³-hybridized carbons (Fsp3) is 0.333. The molecule has 0 spiro atoms. The third kappa shape index (κ3) is 5.03. The van der Waals surface area contributed by atoms with Crippen LogP contribution in [0.4, 0.5) is 0 Å². The Morgan fingerprint density at radius 2 is 2.25 bits per heavy atom. The van der Waals surface area contributed by atoms with Crippen molar-refractivity contribution in [1.29, 1.82) is 0 Å². The first-order valence-electron chi connectivity index (χ1n) is 2.24. The van der Waals surface area contributed by atoms with E-state index in [1.807, 2.05) is 0 Å². The monoisotopic (exact) mass is 111 g/mol. The molecule has 0 unspecified atom stereocenters. The van der Waals surface area contributed by atoms with Crippen LogP contribution in [0.25, 0.3) is 0 Å². The van der Waals surface area contributed by atoms with Crippen LogP contribution < -0.4 is 0 Å². The van der Waals surface area contributed by atoms with E-state index in [1.54, 1.807) is 0 Å². The van der Waals surface area contributed by atoms with Crippen LogP contribution in [0.15, 0.2) is 0 Å². The van der Waals surface area contributed by atoms with Gasteiger partial charge >= 0.3 is 5.97 Å². The Hall–Kier alpha value is -0.970. The molecule has 8 heavy (non-hydrogen) atoms. The van der Waals surface area contributed by atoms with Crippen LogP contribution in [0, 0.1) is 18.8 Å². The first kappa shape index (κ1) is 7.03. The first-order chi connectivity index (χ1) is 3.77. The largest absolute Gasteiger partial charge is 0.481 e. The summed E-state index contributed by atoms with van der Waals surface area (Å²) in [5, 5.41) is 8.02. The van der Waals surface area contributed by atoms with Gasteiger partial charge in [0.05, 0.1) is 0 Å². The highest BCUT2D eigenvalue weighted by molar-refractivity contribution is 5.69. The zero-order valence-corrected chi connectivity index (χ0v) is 4.48. The quantitative estimate of drug-likeness (QED) is 0.505. The molecule has 0 atom stereocenters. The molecule has 0 aliphatic carbocycles. The van der Waals surface area contributed by atoms with Gasteiger partial charge in [0.2, 0.25) is 0 Å². The normalized spacial score (nSPS) is 7.12. The molecular formula is C6H7O2. The number of carboxylic acids is 1. The topological polar surface area (TPSA) is 37.3 Å². The molecule has 2 nitrogen and oxygen atoms in total. The molecule has 0 heterocycles. The van der Waals surface area contributed by atoms with Gasteiger partial charge in [-0.1, -0.05) is 5.92 Å². The molecule has 1 radical (unpaired) electrons. The summed E-state index contributed by atoms with van der Waals surface area (Å²) in [5.74, 6) is 4.08. The van der Waals surface area contributed by atoms with Gasteiger partial charge in [0.25, 0.3) is 0 Å². The van der Waals surface area contributed by atoms with Crippen molar-refractivity contribution in [2.45, 2.75) is 12.8 Å². The molecule has 0 aromatic heterocycles. The van der Waals surface area contributed by atoms with E-state index < -0.39 is 5.97 Å². The molecule has 0 aromatic carbocycles. The van der Waals surface area contributed by atoms with Crippen molar-refractivity contribution in [3.05, 3.63) is 6.92 Å². The first-order valence-corrected chi connectivity index (χ1v) is 2.24. The van der Waals surface area contributed by atoms with Crippen LogP contribution in [0.1, 0.15) is 12.8 Å². The number of hydrogen-bond donors (Lipinski definition) is 1. The number of rotatable bonds is 1. The van der Waals surface area contributed by atoms with Crippen LogP contribution in [-0.2, 0) is 4.79 Å². The summed E-state index contributed by atoms with van der Waals surface area (Å²) in [7, 11) is 0. The van der Waals surface area contributed by atoms with E-state index in [0.717, 1.165) is 0 Å². The maximum atomic E-state index is 9.75. The van der Waals surface area contributed by atoms with Gasteiger partial charge in [0.1, 0.15) is 6.42 Å². The predicted octanol–water partition coefficient (Wildman–Crippen LogP) is 0.689. The van der Waals surface area contributed by atoms with E-state index in [4.69, 9.17) is 5.11 Å². The van der Waals surface area contributed by atoms with Crippen LogP contribution in [0.3, 0.4) is 0 Å². The highest BCUT2D eigenvalue weighted by Gasteiger charge is 1.86. The standard InChI is InChI=1S/C6H7O2/c1-2-3-4-5-6(7)8/h1-2,5H2,(H,7,8). The number of aliphatic carboxylic acids is 1. The maximum Gasteiger partial charge on any atom is 0.315 e. The Labute approximate surface area is 48.5 Å². The molecule has 2 heteroatoms. The van der Waals surface area contributed by atoms with Gasteiger partial charge in [-0.25, -0.2) is 0 Å². The second-order valence-electron chi connectivity index (χ2n) is 1.17. The lowest BCUT2D eigenvalue weighted by Crippen LogP contribution is -1.89. The highest BCUT2D eigenvalue weighted by atomic mass is 16.4. The van der Waals surface area contributed by atoms with Gasteiger partial charge < -0.3 is 5.11 Å². The minimum Gasteiger partial charge on any atom is -0.481 e. The van der Waals surface area contributed by atoms with Crippen molar-refractivity contribution in [3.8, 4) is 11.8 Å². The molecule has 43 valence electrons. The summed E-state index contributed by atoms with van der Waals surface area (Å²) in [5.41, 5.74) is 0. The van der Waals surface area contributed by atoms with Gasteiger partial charge in [-0.3, -0.25) is 4.79 Å². The van der Waals surface area contributed by atoms with Crippen molar-refractivity contribution >= 4 is 5.97 Å². The third-order valence-corrected chi connectivity index (χ3v) is 0.490. The summed E-state index contributed by atoms with van der Waals surface area (Å²) in [6.07, 6.45) is 0.406. The summed E-state index contributed by atoms with van der Waals surface area (Å²) in [4.78, 5) is 9.75. The maximum absolute atomic E-state index is 9.75. The van der Waals surface area contributed by atoms with Crippen molar-refractivity contribution in [2.24, 2.45) is 0 Å². The lowest BCUT2D eigenvalue weighted by Gasteiger charge is -1.75. The molecule has 1 N–H and O–H groups in total. The summed E-state index contributed by atoms with van der Waals surface area (Å²) < 4.78 is 0. The molecule has 0 saturated heterocycles. The minimum atomic E-state index is -0.883. The average Bonchev–Trinajstić information content (AvgIpc) is 1.66. The fourth-order valence-electron chi connectivity index (χ4n) is 0.227. The van der Waals surface area contributed by atoms with E-state index in [9.17, 15) is 4.79 Å². The predicted molar refractivity (Wildman–Crippen MR) is 30.0 cm³/mol. The van der Waals surface area contributed by atoms with Crippen LogP contribution >= 0.6 is 0 Å². The van der Waals surface area contributed by atoms with Gasteiger partial charge in [0, 0.05) is 6.42 Å². The molecule has 0 aliphatic heterocycles. The Kier molecular flexibility index (Phi) is 3.69. The molecule has 0 aliphatic rings. The van der Waals surface area contributed by atoms with Crippen LogP contribution in [0.2, 0.25) is 0 Å². The lowest BCUT2D eigenvalue weighted by molar-refractivity contribution is -0.135. The zero-order chi connectivity index (χ0) is 6.41. The highest BCUT2D eigenvalue weighted by Crippen LogP contribution is 1.74. The fourth-order valence-corrected chi connectivity index (χ4v) is 0.227. The smallest absolute Gasteiger partial charge is 0.315 e. The van der Waals surface area contributed by atoms with Gasteiger partial charge in [-0.2, -0.15) is 0 Å². The SMILES string of the molecule is [CH2]CC#CCC(=O)O. The van der Waals surface area contributed by atoms with E-state index in [-0.39, 0.29) is 6.42 Å². The van der Waals surface area contributed by atoms with E-state index in [2.05, 4.69) is 18.8 Å². The Morgan fingerprint density at radius 1 is 1.62 bits per heavy atom. The Morgan fingerprint density at radius 3 is 2.62 bits per heavy atom. The number of carbonyl (C=O) groups is 1. The summed E-state index contributed by atoms with van der Waals surface area (Å²) in [6.45, 7) is 3.42. The average molecular weight is 111 g/mol. The lowest BCUT2D eigenvalue weighted by atomic mass is 10.4. The van der Waals surface area contributed by atoms with Crippen molar-refractivity contribution in [3.63, 3.8) is 0 Å². The number of carboxylic acid groups (broad SMARTS) is 1. The summed E-state index contributed by atoms with van der Waals surface area (Å²) >= 11 is 0. The third-order valence-electron chi connectivity index (χ3n) is 0.490. The van der Waals surface area contributed by atoms with Crippen molar-refractivity contribution in [1.82, 2.24) is 0 Å². The number of hydrogen-bond acceptors (Lipinski definition) is 1. The van der Waals surface area contributed by atoms with Gasteiger partial charge in [-0.05, 0) is 6.92 Å². The van der Waals surface area contributed by atoms with E-state index >= 15 is 0 Å². The van der Waals surface area contributed by atoms with Crippen LogP contribution in [-0.4, -0.2) is 11.1 Å². The molecule has 0 aromatic rings. The Bertz CT molecular complexity index is 127. The molecule has 0 fully saturated rings. The van der Waals surface area contributed by atoms with Crippen molar-refractivity contribution in [2.75, 3.05) is 0 Å². The molecule has 0 rings (SSSR count). The minimum absolute atomic E-state index is 0.0739. The van der Waals surface area contributed by atoms with Crippen LogP contribution in [0.5, 0.6) is 0 Å². The second kappa shape index (κ2) is 4.20. The summed E-state index contributed by atoms with van der Waals surface area (Å²) in [6, 6.07) is 0. The zero-order valence-electron chi connectivity index (χ0n) is 4.48. The molecule has 0 saturated carbocycles. The molecule has 0 bridgehead atoms. The van der Waals surface area contributed by atoms with Gasteiger partial charge in [0.15, 0.2) is 0 Å². The van der Waals surface area contributed by atoms with Gasteiger partial charge in [-0.15, -0.1) is 5.92 Å². The Balaban J connectivity index is 3.29. The van der Waals surface area contributed by atoms with E-state index in [1.165, 1.54) is 0 Å².